The van der Waals surface area contributed by atoms with Crippen molar-refractivity contribution >= 4 is 28.3 Å². The lowest BCUT2D eigenvalue weighted by molar-refractivity contribution is 0.0655. The minimum Gasteiger partial charge on any atom is -0.333 e. The Bertz CT molecular complexity index is 705. The largest absolute Gasteiger partial charge is 0.333 e. The number of piperidine rings is 1. The molecule has 2 aliphatic rings. The van der Waals surface area contributed by atoms with Gasteiger partial charge < -0.3 is 10.2 Å². The lowest BCUT2D eigenvalue weighted by Gasteiger charge is -2.34. The highest BCUT2D eigenvalue weighted by molar-refractivity contribution is 7.89. The van der Waals surface area contributed by atoms with Crippen LogP contribution in [0.1, 0.15) is 36.5 Å². The highest BCUT2D eigenvalue weighted by atomic mass is 35.5. The molecule has 1 unspecified atom stereocenters. The Hall–Kier alpha value is -1.15. The van der Waals surface area contributed by atoms with Gasteiger partial charge in [0.15, 0.2) is 0 Å². The molecule has 2 aliphatic heterocycles. The molecule has 0 saturated carbocycles. The van der Waals surface area contributed by atoms with Gasteiger partial charge in [0, 0.05) is 44.3 Å². The number of sulfonamides is 1. The Kier molecular flexibility index (Phi) is 6.85. The molecule has 3 rings (SSSR count). The van der Waals surface area contributed by atoms with Crippen molar-refractivity contribution < 1.29 is 13.2 Å². The van der Waals surface area contributed by atoms with Crippen molar-refractivity contribution in [2.75, 3.05) is 32.7 Å². The van der Waals surface area contributed by atoms with Crippen LogP contribution >= 0.6 is 12.4 Å². The number of nitrogens with zero attached hydrogens (tertiary/aromatic N) is 2. The van der Waals surface area contributed by atoms with E-state index in [1.165, 1.54) is 10.4 Å². The Labute approximate surface area is 156 Å². The summed E-state index contributed by atoms with van der Waals surface area (Å²) in [5.74, 6) is -0.0975. The second-order valence-corrected chi connectivity index (χ2v) is 8.48. The fraction of sp³-hybridized carbons (Fsp3) is 0.588. The van der Waals surface area contributed by atoms with Gasteiger partial charge in [-0.1, -0.05) is 12.5 Å². The molecule has 2 heterocycles. The Morgan fingerprint density at radius 2 is 1.88 bits per heavy atom. The number of amides is 1. The zero-order valence-corrected chi connectivity index (χ0v) is 16.1. The summed E-state index contributed by atoms with van der Waals surface area (Å²) in [6.45, 7) is 5.30. The van der Waals surface area contributed by atoms with E-state index < -0.39 is 10.0 Å². The summed E-state index contributed by atoms with van der Waals surface area (Å²) in [5, 5.41) is 3.25. The predicted octanol–water partition coefficient (Wildman–Crippen LogP) is 1.72. The predicted molar refractivity (Wildman–Crippen MR) is 99.7 cm³/mol. The molecule has 25 heavy (non-hydrogen) atoms. The van der Waals surface area contributed by atoms with Crippen molar-refractivity contribution in [3.63, 3.8) is 0 Å². The van der Waals surface area contributed by atoms with Crippen molar-refractivity contribution in [2.24, 2.45) is 0 Å². The Balaban J connectivity index is 0.00000225. The monoisotopic (exact) mass is 387 g/mol. The Morgan fingerprint density at radius 1 is 1.16 bits per heavy atom. The van der Waals surface area contributed by atoms with Crippen LogP contribution in [0.4, 0.5) is 0 Å². The minimum absolute atomic E-state index is 0. The van der Waals surface area contributed by atoms with E-state index in [-0.39, 0.29) is 29.3 Å². The molecule has 1 N–H and O–H groups in total. The first-order chi connectivity index (χ1) is 11.5. The maximum atomic E-state index is 12.8. The average molecular weight is 388 g/mol. The highest BCUT2D eigenvalue weighted by Crippen LogP contribution is 2.22. The van der Waals surface area contributed by atoms with Gasteiger partial charge in [-0.3, -0.25) is 4.79 Å². The fourth-order valence-corrected chi connectivity index (χ4v) is 4.92. The molecule has 6 nitrogen and oxygen atoms in total. The Morgan fingerprint density at radius 3 is 2.56 bits per heavy atom. The first-order valence-corrected chi connectivity index (χ1v) is 10.1. The third-order valence-electron chi connectivity index (χ3n) is 4.80. The number of piperazine rings is 1. The van der Waals surface area contributed by atoms with Crippen LogP contribution in [-0.2, 0) is 10.0 Å². The van der Waals surface area contributed by atoms with Gasteiger partial charge in [-0.05, 0) is 38.0 Å². The van der Waals surface area contributed by atoms with E-state index in [0.29, 0.717) is 25.2 Å². The van der Waals surface area contributed by atoms with Crippen LogP contribution in [0.5, 0.6) is 0 Å². The van der Waals surface area contributed by atoms with Gasteiger partial charge in [-0.15, -0.1) is 12.4 Å². The molecule has 2 saturated heterocycles. The van der Waals surface area contributed by atoms with Crippen LogP contribution in [0.15, 0.2) is 29.2 Å². The second kappa shape index (κ2) is 8.49. The molecule has 1 amide bonds. The van der Waals surface area contributed by atoms with Gasteiger partial charge in [0.25, 0.3) is 5.91 Å². The fourth-order valence-electron chi connectivity index (χ4n) is 3.35. The number of nitrogens with one attached hydrogen (secondary N) is 1. The number of carbonyl (C=O) groups excluding carboxylic acids is 1. The van der Waals surface area contributed by atoms with Crippen LogP contribution in [-0.4, -0.2) is 62.3 Å². The topological polar surface area (TPSA) is 69.7 Å². The summed E-state index contributed by atoms with van der Waals surface area (Å²) < 4.78 is 27.1. The van der Waals surface area contributed by atoms with Crippen molar-refractivity contribution in [2.45, 2.75) is 37.1 Å². The number of benzene rings is 1. The van der Waals surface area contributed by atoms with Crippen LogP contribution < -0.4 is 5.32 Å². The van der Waals surface area contributed by atoms with Crippen LogP contribution in [0.2, 0.25) is 0 Å². The van der Waals surface area contributed by atoms with E-state index >= 15 is 0 Å². The third kappa shape index (κ3) is 4.34. The van der Waals surface area contributed by atoms with Gasteiger partial charge >= 0.3 is 0 Å². The molecule has 2 fully saturated rings. The van der Waals surface area contributed by atoms with Gasteiger partial charge in [0.1, 0.15) is 0 Å². The smallest absolute Gasteiger partial charge is 0.254 e. The molecule has 0 radical (unpaired) electrons. The van der Waals surface area contributed by atoms with Crippen LogP contribution in [0.3, 0.4) is 0 Å². The van der Waals surface area contributed by atoms with Gasteiger partial charge in [-0.25, -0.2) is 8.42 Å². The standard InChI is InChI=1S/C17H25N3O3S.ClH/c1-14-13-18-8-11-20(14)17(21)15-6-5-7-16(12-15)24(22,23)19-9-3-2-4-10-19;/h5-7,12,14,18H,2-4,8-11,13H2,1H3;1H. The third-order valence-corrected chi connectivity index (χ3v) is 6.69. The van der Waals surface area contributed by atoms with E-state index in [1.54, 1.807) is 18.2 Å². The molecule has 0 spiro atoms. The summed E-state index contributed by atoms with van der Waals surface area (Å²) in [5.41, 5.74) is 0.446. The lowest BCUT2D eigenvalue weighted by atomic mass is 10.1. The van der Waals surface area contributed by atoms with E-state index in [1.807, 2.05) is 11.8 Å². The van der Waals surface area contributed by atoms with Crippen molar-refractivity contribution in [3.05, 3.63) is 29.8 Å². The molecular weight excluding hydrogens is 362 g/mol. The molecule has 140 valence electrons. The first kappa shape index (κ1) is 20.2. The number of rotatable bonds is 3. The van der Waals surface area contributed by atoms with Crippen molar-refractivity contribution in [3.8, 4) is 0 Å². The van der Waals surface area contributed by atoms with Crippen molar-refractivity contribution in [1.82, 2.24) is 14.5 Å². The summed E-state index contributed by atoms with van der Waals surface area (Å²) in [7, 11) is -3.51. The number of carbonyl (C=O) groups is 1. The van der Waals surface area contributed by atoms with Gasteiger partial charge in [0.05, 0.1) is 4.90 Å². The van der Waals surface area contributed by atoms with Crippen molar-refractivity contribution in [1.29, 1.82) is 0 Å². The molecule has 8 heteroatoms. The molecule has 1 aromatic carbocycles. The van der Waals surface area contributed by atoms with Crippen LogP contribution in [0.25, 0.3) is 0 Å². The normalized spacial score (nSPS) is 22.3. The molecular formula is C17H26ClN3O3S. The molecule has 1 atom stereocenters. The SMILES string of the molecule is CC1CNCCN1C(=O)c1cccc(S(=O)(=O)N2CCCCC2)c1.Cl. The van der Waals surface area contributed by atoms with Gasteiger partial charge in [-0.2, -0.15) is 4.31 Å². The maximum absolute atomic E-state index is 12.8. The molecule has 0 bridgehead atoms. The van der Waals surface area contributed by atoms with Gasteiger partial charge in [0.2, 0.25) is 10.0 Å². The summed E-state index contributed by atoms with van der Waals surface area (Å²) in [4.78, 5) is 14.8. The number of hydrogen-bond acceptors (Lipinski definition) is 4. The summed E-state index contributed by atoms with van der Waals surface area (Å²) in [6, 6.07) is 6.58. The molecule has 0 aromatic heterocycles. The lowest BCUT2D eigenvalue weighted by Crippen LogP contribution is -2.52. The summed E-state index contributed by atoms with van der Waals surface area (Å²) in [6.07, 6.45) is 2.87. The minimum atomic E-state index is -3.51. The average Bonchev–Trinajstić information content (AvgIpc) is 2.62. The molecule has 1 aromatic rings. The van der Waals surface area contributed by atoms with E-state index in [0.717, 1.165) is 32.4 Å². The zero-order valence-electron chi connectivity index (χ0n) is 14.5. The zero-order chi connectivity index (χ0) is 17.2. The summed E-state index contributed by atoms with van der Waals surface area (Å²) >= 11 is 0. The van der Waals surface area contributed by atoms with E-state index in [4.69, 9.17) is 0 Å². The number of hydrogen-bond donors (Lipinski definition) is 1. The van der Waals surface area contributed by atoms with E-state index in [2.05, 4.69) is 5.32 Å². The first-order valence-electron chi connectivity index (χ1n) is 8.62. The quantitative estimate of drug-likeness (QED) is 0.857. The number of halogens is 1. The second-order valence-electron chi connectivity index (χ2n) is 6.54. The van der Waals surface area contributed by atoms with E-state index in [9.17, 15) is 13.2 Å². The molecule has 0 aliphatic carbocycles. The highest BCUT2D eigenvalue weighted by Gasteiger charge is 2.28. The maximum Gasteiger partial charge on any atom is 0.254 e. The van der Waals surface area contributed by atoms with Crippen LogP contribution in [0, 0.1) is 0 Å².